The molecule has 0 amide bonds. The standard InChI is InChI=1S/C35H36O12/c1-19(36)43-25-12-10-24(11-13-25)27-15-14-26-28(47-27)16-29(41-17-23-8-6-5-7-9-23)31(32(26)40)34-35(46-22(4)39)33(45-21(3)38)30(18-42-34)44-20(2)37/h5-13,16,27,30,33-35,40H,14-15,17-18H2,1-4H3/t27?,30-,33+,34+,35-/m1/s1. The fourth-order valence-corrected chi connectivity index (χ4v) is 5.78. The lowest BCUT2D eigenvalue weighted by Gasteiger charge is -2.41. The Bertz CT molecular complexity index is 1620. The Labute approximate surface area is 271 Å². The lowest BCUT2D eigenvalue weighted by molar-refractivity contribution is -0.227. The molecule has 0 saturated carbocycles. The van der Waals surface area contributed by atoms with Gasteiger partial charge in [-0.1, -0.05) is 42.5 Å². The lowest BCUT2D eigenvalue weighted by atomic mass is 9.89. The molecule has 2 aliphatic heterocycles. The molecule has 3 aromatic rings. The van der Waals surface area contributed by atoms with E-state index in [1.54, 1.807) is 18.2 Å². The Morgan fingerprint density at radius 1 is 0.830 bits per heavy atom. The van der Waals surface area contributed by atoms with Crippen LogP contribution in [0.25, 0.3) is 0 Å². The summed E-state index contributed by atoms with van der Waals surface area (Å²) >= 11 is 0. The largest absolute Gasteiger partial charge is 0.507 e. The molecule has 0 aromatic heterocycles. The topological polar surface area (TPSA) is 153 Å². The van der Waals surface area contributed by atoms with E-state index in [4.69, 9.17) is 33.2 Å². The number of aromatic hydroxyl groups is 1. The van der Waals surface area contributed by atoms with Crippen LogP contribution >= 0.6 is 0 Å². The van der Waals surface area contributed by atoms with E-state index < -0.39 is 48.3 Å². The van der Waals surface area contributed by atoms with Crippen LogP contribution in [0.1, 0.15) is 68.6 Å². The Hall–Kier alpha value is -5.10. The van der Waals surface area contributed by atoms with Gasteiger partial charge in [0.15, 0.2) is 18.3 Å². The van der Waals surface area contributed by atoms with E-state index in [-0.39, 0.29) is 36.4 Å². The van der Waals surface area contributed by atoms with Crippen LogP contribution in [-0.2, 0) is 51.2 Å². The van der Waals surface area contributed by atoms with Gasteiger partial charge in [-0.2, -0.15) is 0 Å². The molecule has 5 atom stereocenters. The molecule has 0 bridgehead atoms. The van der Waals surface area contributed by atoms with Crippen molar-refractivity contribution in [1.82, 2.24) is 0 Å². The van der Waals surface area contributed by atoms with Crippen molar-refractivity contribution in [3.63, 3.8) is 0 Å². The third-order valence-corrected chi connectivity index (χ3v) is 7.68. The van der Waals surface area contributed by atoms with E-state index >= 15 is 0 Å². The molecule has 1 saturated heterocycles. The van der Waals surface area contributed by atoms with E-state index in [1.165, 1.54) is 27.7 Å². The predicted octanol–water partition coefficient (Wildman–Crippen LogP) is 4.83. The summed E-state index contributed by atoms with van der Waals surface area (Å²) in [5, 5.41) is 11.9. The number of carbonyl (C=O) groups is 4. The van der Waals surface area contributed by atoms with Crippen molar-refractivity contribution >= 4 is 23.9 Å². The fourth-order valence-electron chi connectivity index (χ4n) is 5.78. The van der Waals surface area contributed by atoms with Gasteiger partial charge in [0.25, 0.3) is 0 Å². The number of benzene rings is 3. The number of phenols is 1. The average Bonchev–Trinajstić information content (AvgIpc) is 3.02. The van der Waals surface area contributed by atoms with Gasteiger partial charge in [-0.25, -0.2) is 0 Å². The number of rotatable bonds is 9. The van der Waals surface area contributed by atoms with E-state index in [2.05, 4.69) is 0 Å². The van der Waals surface area contributed by atoms with Gasteiger partial charge < -0.3 is 38.3 Å². The monoisotopic (exact) mass is 648 g/mol. The first-order chi connectivity index (χ1) is 22.5. The number of carbonyl (C=O) groups excluding carboxylic acids is 4. The van der Waals surface area contributed by atoms with Crippen LogP contribution in [0.15, 0.2) is 60.7 Å². The lowest BCUT2D eigenvalue weighted by Crippen LogP contribution is -2.54. The average molecular weight is 649 g/mol. The van der Waals surface area contributed by atoms with E-state index in [9.17, 15) is 24.3 Å². The number of ether oxygens (including phenoxy) is 7. The maximum Gasteiger partial charge on any atom is 0.308 e. The first-order valence-electron chi connectivity index (χ1n) is 15.1. The van der Waals surface area contributed by atoms with Gasteiger partial charge in [-0.3, -0.25) is 19.2 Å². The zero-order chi connectivity index (χ0) is 33.7. The minimum absolute atomic E-state index is 0.113. The maximum atomic E-state index is 12.3. The normalized spacial score (nSPS) is 21.7. The summed E-state index contributed by atoms with van der Waals surface area (Å²) in [5.74, 6) is -1.69. The first-order valence-corrected chi connectivity index (χ1v) is 15.1. The molecule has 3 aromatic carbocycles. The minimum Gasteiger partial charge on any atom is -0.507 e. The number of hydrogen-bond donors (Lipinski definition) is 1. The van der Waals surface area contributed by atoms with Gasteiger partial charge >= 0.3 is 23.9 Å². The second-order valence-electron chi connectivity index (χ2n) is 11.2. The van der Waals surface area contributed by atoms with Crippen molar-refractivity contribution in [3.8, 4) is 23.0 Å². The minimum atomic E-state index is -1.31. The summed E-state index contributed by atoms with van der Waals surface area (Å²) in [4.78, 5) is 47.7. The third-order valence-electron chi connectivity index (χ3n) is 7.68. The summed E-state index contributed by atoms with van der Waals surface area (Å²) in [5.41, 5.74) is 2.33. The van der Waals surface area contributed by atoms with Crippen molar-refractivity contribution in [2.75, 3.05) is 6.61 Å². The second-order valence-corrected chi connectivity index (χ2v) is 11.2. The van der Waals surface area contributed by atoms with Crippen molar-refractivity contribution in [3.05, 3.63) is 82.9 Å². The van der Waals surface area contributed by atoms with Crippen molar-refractivity contribution in [1.29, 1.82) is 0 Å². The van der Waals surface area contributed by atoms with Gasteiger partial charge in [-0.15, -0.1) is 0 Å². The molecule has 0 aliphatic carbocycles. The van der Waals surface area contributed by atoms with Gasteiger partial charge in [0.1, 0.15) is 41.8 Å². The molecule has 0 radical (unpaired) electrons. The molecule has 1 N–H and O–H groups in total. The highest BCUT2D eigenvalue weighted by atomic mass is 16.6. The van der Waals surface area contributed by atoms with Crippen LogP contribution in [0.5, 0.6) is 23.0 Å². The molecule has 1 fully saturated rings. The summed E-state index contributed by atoms with van der Waals surface area (Å²) in [6.07, 6.45) is -4.30. The van der Waals surface area contributed by atoms with Crippen molar-refractivity contribution < 1.29 is 57.4 Å². The highest BCUT2D eigenvalue weighted by Crippen LogP contribution is 2.50. The van der Waals surface area contributed by atoms with Crippen LogP contribution in [0, 0.1) is 0 Å². The van der Waals surface area contributed by atoms with Gasteiger partial charge in [0, 0.05) is 39.3 Å². The van der Waals surface area contributed by atoms with E-state index in [0.29, 0.717) is 29.9 Å². The second kappa shape index (κ2) is 14.5. The van der Waals surface area contributed by atoms with Crippen LogP contribution in [0.4, 0.5) is 0 Å². The number of fused-ring (bicyclic) bond motifs is 1. The van der Waals surface area contributed by atoms with Crippen LogP contribution < -0.4 is 14.2 Å². The fraction of sp³-hybridized carbons (Fsp3) is 0.371. The maximum absolute atomic E-state index is 12.3. The van der Waals surface area contributed by atoms with E-state index in [1.807, 2.05) is 42.5 Å². The highest BCUT2D eigenvalue weighted by Gasteiger charge is 2.49. The zero-order valence-electron chi connectivity index (χ0n) is 26.4. The molecular weight excluding hydrogens is 612 g/mol. The Morgan fingerprint density at radius 3 is 2.13 bits per heavy atom. The van der Waals surface area contributed by atoms with Gasteiger partial charge in [0.05, 0.1) is 12.2 Å². The molecule has 12 nitrogen and oxygen atoms in total. The summed E-state index contributed by atoms with van der Waals surface area (Å²) < 4.78 is 40.5. The van der Waals surface area contributed by atoms with Crippen molar-refractivity contribution in [2.45, 2.75) is 77.7 Å². The Balaban J connectivity index is 1.54. The summed E-state index contributed by atoms with van der Waals surface area (Å²) in [7, 11) is 0. The van der Waals surface area contributed by atoms with Crippen LogP contribution in [0.2, 0.25) is 0 Å². The molecule has 248 valence electrons. The third kappa shape index (κ3) is 8.01. The molecular formula is C35H36O12. The molecule has 2 heterocycles. The van der Waals surface area contributed by atoms with Crippen LogP contribution in [-0.4, -0.2) is 53.9 Å². The Kier molecular flexibility index (Phi) is 10.3. The highest BCUT2D eigenvalue weighted by molar-refractivity contribution is 5.70. The number of hydrogen-bond acceptors (Lipinski definition) is 12. The van der Waals surface area contributed by atoms with Gasteiger partial charge in [-0.05, 0) is 36.1 Å². The predicted molar refractivity (Wildman–Crippen MR) is 164 cm³/mol. The van der Waals surface area contributed by atoms with Crippen LogP contribution in [0.3, 0.4) is 0 Å². The summed E-state index contributed by atoms with van der Waals surface area (Å²) in [6.45, 7) is 4.78. The quantitative estimate of drug-likeness (QED) is 0.192. The zero-order valence-corrected chi connectivity index (χ0v) is 26.4. The number of esters is 4. The Morgan fingerprint density at radius 2 is 1.49 bits per heavy atom. The van der Waals surface area contributed by atoms with Gasteiger partial charge in [0.2, 0.25) is 0 Å². The molecule has 0 spiro atoms. The molecule has 47 heavy (non-hydrogen) atoms. The summed E-state index contributed by atoms with van der Waals surface area (Å²) in [6, 6.07) is 18.0. The molecule has 2 aliphatic rings. The molecule has 5 rings (SSSR count). The molecule has 12 heteroatoms. The van der Waals surface area contributed by atoms with E-state index in [0.717, 1.165) is 11.1 Å². The smallest absolute Gasteiger partial charge is 0.308 e. The molecule has 1 unspecified atom stereocenters. The van der Waals surface area contributed by atoms with Crippen molar-refractivity contribution in [2.24, 2.45) is 0 Å². The first kappa shape index (κ1) is 33.3. The SMILES string of the molecule is CC(=O)Oc1ccc(C2CCc3c(cc(OCc4ccccc4)c([C@@H]4OC[C@@H](OC(C)=O)[C@H](OC(C)=O)[C@H]4OC(C)=O)c3O)O2)cc1. The number of phenolic OH excluding ortho intramolecular Hbond substituents is 1.